The molecule has 6 nitrogen and oxygen atoms in total. The number of carbonyl (C=O) groups is 1. The molecule has 1 fully saturated rings. The Morgan fingerprint density at radius 2 is 2.11 bits per heavy atom. The van der Waals surface area contributed by atoms with Crippen LogP contribution in [0.4, 0.5) is 10.1 Å². The lowest BCUT2D eigenvalue weighted by atomic mass is 10.1. The normalized spacial score (nSPS) is 15.9. The summed E-state index contributed by atoms with van der Waals surface area (Å²) < 4.78 is 22.3. The topological polar surface area (TPSA) is 59.4 Å². The number of rotatable bonds is 3. The van der Waals surface area contributed by atoms with Crippen LogP contribution in [0.5, 0.6) is 5.75 Å². The molecule has 0 spiro atoms. The summed E-state index contributed by atoms with van der Waals surface area (Å²) in [4.78, 5) is 19.6. The zero-order chi connectivity index (χ0) is 18.5. The number of fused-ring (bicyclic) bond motifs is 4. The Hall–Kier alpha value is -2.93. The van der Waals surface area contributed by atoms with E-state index in [1.54, 1.807) is 16.8 Å². The number of nitrogens with zero attached hydrogens (tertiary/aromatic N) is 3. The molecule has 1 aromatic carbocycles. The maximum absolute atomic E-state index is 14.9. The minimum Gasteiger partial charge on any atom is -0.492 e. The number of anilines is 1. The van der Waals surface area contributed by atoms with E-state index in [4.69, 9.17) is 9.72 Å². The minimum absolute atomic E-state index is 0.186. The smallest absolute Gasteiger partial charge is 0.268 e. The van der Waals surface area contributed by atoms with Gasteiger partial charge in [0.2, 0.25) is 0 Å². The Kier molecular flexibility index (Phi) is 3.65. The van der Waals surface area contributed by atoms with Gasteiger partial charge in [0.25, 0.3) is 5.91 Å². The van der Waals surface area contributed by atoms with Crippen LogP contribution in [-0.2, 0) is 0 Å². The molecule has 2 aliphatic heterocycles. The van der Waals surface area contributed by atoms with E-state index in [9.17, 15) is 9.18 Å². The van der Waals surface area contributed by atoms with Gasteiger partial charge in [-0.1, -0.05) is 0 Å². The van der Waals surface area contributed by atoms with Crippen molar-refractivity contribution < 1.29 is 13.9 Å². The number of ether oxygens (including phenoxy) is 1. The first-order valence-corrected chi connectivity index (χ1v) is 9.17. The maximum Gasteiger partial charge on any atom is 0.268 e. The summed E-state index contributed by atoms with van der Waals surface area (Å²) in [5.74, 6) is -0.0939. The Balaban J connectivity index is 1.76. The van der Waals surface area contributed by atoms with Crippen LogP contribution < -0.4 is 15.0 Å². The predicted octanol–water partition coefficient (Wildman–Crippen LogP) is 2.65. The van der Waals surface area contributed by atoms with Crippen molar-refractivity contribution in [2.75, 3.05) is 37.7 Å². The molecule has 3 aromatic rings. The zero-order valence-corrected chi connectivity index (χ0v) is 15.0. The van der Waals surface area contributed by atoms with Gasteiger partial charge >= 0.3 is 0 Å². The Bertz CT molecular complexity index is 1070. The molecule has 1 saturated heterocycles. The Morgan fingerprint density at radius 1 is 1.30 bits per heavy atom. The van der Waals surface area contributed by atoms with E-state index in [0.717, 1.165) is 31.9 Å². The van der Waals surface area contributed by atoms with Crippen molar-refractivity contribution in [2.24, 2.45) is 0 Å². The second-order valence-corrected chi connectivity index (χ2v) is 6.72. The third-order valence-electron chi connectivity index (χ3n) is 5.18. The summed E-state index contributed by atoms with van der Waals surface area (Å²) in [6.45, 7) is 5.36. The summed E-state index contributed by atoms with van der Waals surface area (Å²) in [5.41, 5.74) is 2.92. The number of nitrogens with one attached hydrogen (secondary N) is 1. The minimum atomic E-state index is -0.322. The maximum atomic E-state index is 14.9. The third kappa shape index (κ3) is 2.35. The fourth-order valence-corrected chi connectivity index (χ4v) is 3.94. The van der Waals surface area contributed by atoms with Crippen molar-refractivity contribution in [3.05, 3.63) is 41.8 Å². The molecule has 0 unspecified atom stereocenters. The Morgan fingerprint density at radius 3 is 2.89 bits per heavy atom. The Labute approximate surface area is 155 Å². The highest BCUT2D eigenvalue weighted by Gasteiger charge is 2.33. The molecule has 0 bridgehead atoms. The van der Waals surface area contributed by atoms with E-state index in [0.29, 0.717) is 40.2 Å². The number of piperazine rings is 1. The van der Waals surface area contributed by atoms with Crippen LogP contribution in [-0.4, -0.2) is 48.2 Å². The number of halogens is 1. The first-order chi connectivity index (χ1) is 13.2. The van der Waals surface area contributed by atoms with E-state index in [1.165, 1.54) is 6.07 Å². The molecule has 4 heterocycles. The van der Waals surface area contributed by atoms with Gasteiger partial charge in [-0.2, -0.15) is 0 Å². The molecule has 2 aromatic heterocycles. The monoisotopic (exact) mass is 366 g/mol. The highest BCUT2D eigenvalue weighted by Crippen LogP contribution is 2.42. The molecular weight excluding hydrogens is 347 g/mol. The van der Waals surface area contributed by atoms with Crippen LogP contribution in [0.3, 0.4) is 0 Å². The van der Waals surface area contributed by atoms with Crippen molar-refractivity contribution in [3.8, 4) is 17.1 Å². The van der Waals surface area contributed by atoms with Crippen LogP contribution in [0.15, 0.2) is 30.5 Å². The summed E-state index contributed by atoms with van der Waals surface area (Å²) in [7, 11) is 0. The summed E-state index contributed by atoms with van der Waals surface area (Å²) in [6, 6.07) is 6.90. The van der Waals surface area contributed by atoms with E-state index < -0.39 is 0 Å². The molecule has 0 radical (unpaired) electrons. The quantitative estimate of drug-likeness (QED) is 0.604. The van der Waals surface area contributed by atoms with Crippen molar-refractivity contribution in [3.63, 3.8) is 0 Å². The molecule has 2 aliphatic rings. The lowest BCUT2D eigenvalue weighted by molar-refractivity contribution is 0.0966. The van der Waals surface area contributed by atoms with E-state index in [2.05, 4.69) is 5.32 Å². The predicted molar refractivity (Wildman–Crippen MR) is 101 cm³/mol. The highest BCUT2D eigenvalue weighted by molar-refractivity contribution is 6.14. The lowest BCUT2D eigenvalue weighted by Gasteiger charge is -2.30. The van der Waals surface area contributed by atoms with E-state index >= 15 is 0 Å². The van der Waals surface area contributed by atoms with Gasteiger partial charge in [-0.05, 0) is 31.2 Å². The number of hydrogen-bond donors (Lipinski definition) is 1. The second-order valence-electron chi connectivity index (χ2n) is 6.72. The van der Waals surface area contributed by atoms with Crippen LogP contribution in [0.2, 0.25) is 0 Å². The van der Waals surface area contributed by atoms with Crippen molar-refractivity contribution >= 4 is 22.5 Å². The lowest BCUT2D eigenvalue weighted by Crippen LogP contribution is -2.43. The molecular formula is C20H19FN4O2. The zero-order valence-electron chi connectivity index (χ0n) is 15.0. The highest BCUT2D eigenvalue weighted by atomic mass is 19.1. The molecule has 5 rings (SSSR count). The van der Waals surface area contributed by atoms with Gasteiger partial charge in [-0.25, -0.2) is 9.37 Å². The van der Waals surface area contributed by atoms with E-state index in [-0.39, 0.29) is 11.7 Å². The van der Waals surface area contributed by atoms with Crippen LogP contribution >= 0.6 is 0 Å². The first kappa shape index (κ1) is 16.3. The van der Waals surface area contributed by atoms with Crippen LogP contribution in [0.25, 0.3) is 22.3 Å². The van der Waals surface area contributed by atoms with Gasteiger partial charge in [0.1, 0.15) is 22.8 Å². The number of hydrogen-bond acceptors (Lipinski definition) is 5. The van der Waals surface area contributed by atoms with E-state index in [1.807, 2.05) is 24.0 Å². The number of pyridine rings is 1. The van der Waals surface area contributed by atoms with Gasteiger partial charge in [0.15, 0.2) is 0 Å². The van der Waals surface area contributed by atoms with Crippen molar-refractivity contribution in [1.82, 2.24) is 14.9 Å². The molecule has 0 saturated carbocycles. The number of aromatic nitrogens is 2. The standard InChI is InChI=1S/C20H19FN4O2/c1-2-27-19-12-10-13(21)16(24-8-5-22-6-9-24)11-14(12)23-18-15-4-3-7-25(15)20(26)17(18)19/h3-4,7,10-11,22H,2,5-6,8-9H2,1H3. The molecule has 0 amide bonds. The molecule has 7 heteroatoms. The van der Waals surface area contributed by atoms with Crippen molar-refractivity contribution in [1.29, 1.82) is 0 Å². The van der Waals surface area contributed by atoms with Gasteiger partial charge < -0.3 is 15.0 Å². The molecule has 0 aliphatic carbocycles. The molecule has 0 atom stereocenters. The molecule has 1 N–H and O–H groups in total. The fourth-order valence-electron chi connectivity index (χ4n) is 3.94. The van der Waals surface area contributed by atoms with Gasteiger partial charge in [-0.15, -0.1) is 0 Å². The summed E-state index contributed by atoms with van der Waals surface area (Å²) in [5, 5.41) is 3.81. The largest absolute Gasteiger partial charge is 0.492 e. The van der Waals surface area contributed by atoms with Crippen molar-refractivity contribution in [2.45, 2.75) is 6.92 Å². The fraction of sp³-hybridized carbons (Fsp3) is 0.300. The average Bonchev–Trinajstić information content (AvgIpc) is 3.26. The third-order valence-corrected chi connectivity index (χ3v) is 5.18. The van der Waals surface area contributed by atoms with Crippen LogP contribution in [0.1, 0.15) is 17.3 Å². The summed E-state index contributed by atoms with van der Waals surface area (Å²) in [6.07, 6.45) is 1.71. The molecule has 138 valence electrons. The summed E-state index contributed by atoms with van der Waals surface area (Å²) >= 11 is 0. The number of benzene rings is 1. The SMILES string of the molecule is CCOc1c2c(nc3cc(N4CCNCC4)c(F)cc13)-c1cccn1C2=O. The van der Waals surface area contributed by atoms with Gasteiger partial charge in [0.05, 0.1) is 23.5 Å². The van der Waals surface area contributed by atoms with Crippen LogP contribution in [0, 0.1) is 5.82 Å². The number of carbonyl (C=O) groups excluding carboxylic acids is 1. The average molecular weight is 366 g/mol. The first-order valence-electron chi connectivity index (χ1n) is 9.17. The van der Waals surface area contributed by atoms with Gasteiger partial charge in [-0.3, -0.25) is 9.36 Å². The second kappa shape index (κ2) is 6.06. The molecule has 27 heavy (non-hydrogen) atoms. The van der Waals surface area contributed by atoms with Gasteiger partial charge in [0, 0.05) is 37.8 Å².